The summed E-state index contributed by atoms with van der Waals surface area (Å²) in [4.78, 5) is 4.70. The highest BCUT2D eigenvalue weighted by atomic mass is 16.5. The van der Waals surface area contributed by atoms with Crippen molar-refractivity contribution in [2.24, 2.45) is 0 Å². The lowest BCUT2D eigenvalue weighted by Gasteiger charge is -2.35. The Balaban J connectivity index is 2.18. The minimum absolute atomic E-state index is 0.813. The monoisotopic (exact) mass is 248 g/mol. The molecule has 2 rings (SSSR count). The molecule has 1 saturated heterocycles. The maximum absolute atomic E-state index is 5.42. The number of allylic oxidation sites excluding steroid dienone is 1. The third-order valence-corrected chi connectivity index (χ3v) is 3.71. The lowest BCUT2D eigenvalue weighted by Crippen LogP contribution is -2.37. The Labute approximate surface area is 110 Å². The molecule has 0 aromatic heterocycles. The van der Waals surface area contributed by atoms with E-state index in [1.807, 2.05) is 0 Å². The molecular weight excluding hydrogens is 224 g/mol. The van der Waals surface area contributed by atoms with Crippen molar-refractivity contribution in [3.63, 3.8) is 0 Å². The van der Waals surface area contributed by atoms with Crippen molar-refractivity contribution in [3.8, 4) is 0 Å². The molecule has 100 valence electrons. The van der Waals surface area contributed by atoms with Crippen molar-refractivity contribution in [1.82, 2.24) is 9.80 Å². The minimum atomic E-state index is 0.813. The smallest absolute Gasteiger partial charge is 0.0642 e. The van der Waals surface area contributed by atoms with Gasteiger partial charge in [-0.25, -0.2) is 0 Å². The quantitative estimate of drug-likeness (QED) is 0.711. The predicted molar refractivity (Wildman–Crippen MR) is 75.0 cm³/mol. The molecule has 3 heteroatoms. The summed E-state index contributed by atoms with van der Waals surface area (Å²) in [6.07, 6.45) is 6.63. The van der Waals surface area contributed by atoms with Crippen LogP contribution in [0.2, 0.25) is 0 Å². The molecule has 0 spiro atoms. The normalized spacial score (nSPS) is 21.2. The highest BCUT2D eigenvalue weighted by molar-refractivity contribution is 5.33. The summed E-state index contributed by atoms with van der Waals surface area (Å²) in [7, 11) is 0. The lowest BCUT2D eigenvalue weighted by molar-refractivity contribution is 0.0536. The van der Waals surface area contributed by atoms with Gasteiger partial charge in [0.25, 0.3) is 0 Å². The van der Waals surface area contributed by atoms with Crippen LogP contribution in [0.4, 0.5) is 0 Å². The second-order valence-corrected chi connectivity index (χ2v) is 4.90. The number of hydrogen-bond donors (Lipinski definition) is 0. The van der Waals surface area contributed by atoms with Gasteiger partial charge in [-0.3, -0.25) is 0 Å². The molecule has 0 radical (unpaired) electrons. The first kappa shape index (κ1) is 13.2. The van der Waals surface area contributed by atoms with Crippen LogP contribution in [-0.2, 0) is 4.74 Å². The van der Waals surface area contributed by atoms with Crippen LogP contribution in [0.3, 0.4) is 0 Å². The predicted octanol–water partition coefficient (Wildman–Crippen LogP) is 2.74. The summed E-state index contributed by atoms with van der Waals surface area (Å²) in [6.45, 7) is 13.4. The van der Waals surface area contributed by atoms with E-state index >= 15 is 0 Å². The molecule has 0 amide bonds. The molecule has 0 aliphatic carbocycles. The maximum atomic E-state index is 5.42. The highest BCUT2D eigenvalue weighted by Gasteiger charge is 2.21. The molecule has 2 aliphatic rings. The lowest BCUT2D eigenvalue weighted by atomic mass is 10.1. The molecule has 0 saturated carbocycles. The minimum Gasteiger partial charge on any atom is -0.378 e. The van der Waals surface area contributed by atoms with Gasteiger partial charge < -0.3 is 14.5 Å². The Morgan fingerprint density at radius 3 is 2.56 bits per heavy atom. The van der Waals surface area contributed by atoms with E-state index in [4.69, 9.17) is 4.74 Å². The zero-order valence-corrected chi connectivity index (χ0v) is 11.6. The van der Waals surface area contributed by atoms with Gasteiger partial charge in [-0.2, -0.15) is 0 Å². The van der Waals surface area contributed by atoms with E-state index in [-0.39, 0.29) is 0 Å². The fourth-order valence-corrected chi connectivity index (χ4v) is 2.48. The third-order valence-electron chi connectivity index (χ3n) is 3.71. The van der Waals surface area contributed by atoms with Crippen molar-refractivity contribution in [3.05, 3.63) is 35.8 Å². The van der Waals surface area contributed by atoms with Gasteiger partial charge in [-0.05, 0) is 25.3 Å². The molecule has 2 heterocycles. The van der Waals surface area contributed by atoms with Crippen molar-refractivity contribution >= 4 is 0 Å². The molecule has 0 aromatic rings. The van der Waals surface area contributed by atoms with Gasteiger partial charge in [0.2, 0.25) is 0 Å². The van der Waals surface area contributed by atoms with Crippen LogP contribution in [-0.4, -0.2) is 42.6 Å². The van der Waals surface area contributed by atoms with Gasteiger partial charge in [0.05, 0.1) is 24.6 Å². The molecule has 0 unspecified atom stereocenters. The van der Waals surface area contributed by atoms with Gasteiger partial charge in [0.1, 0.15) is 0 Å². The van der Waals surface area contributed by atoms with Crippen LogP contribution in [0.25, 0.3) is 0 Å². The SMILES string of the molecule is C=C(/C(=C(\C)CC)N1C=CCC1)N1CCOCC1. The maximum Gasteiger partial charge on any atom is 0.0642 e. The van der Waals surface area contributed by atoms with E-state index in [0.717, 1.165) is 51.4 Å². The van der Waals surface area contributed by atoms with Gasteiger partial charge >= 0.3 is 0 Å². The van der Waals surface area contributed by atoms with Crippen LogP contribution in [0.5, 0.6) is 0 Å². The number of rotatable bonds is 4. The van der Waals surface area contributed by atoms with Crippen LogP contribution in [0.1, 0.15) is 26.7 Å². The standard InChI is InChI=1S/C15H24N2O/c1-4-13(2)15(17-7-5-6-8-17)14(3)16-9-11-18-12-10-16/h5,7H,3-4,6,8-12H2,1-2H3/b15-13-. The molecule has 1 fully saturated rings. The summed E-state index contributed by atoms with van der Waals surface area (Å²) in [5.41, 5.74) is 3.88. The Morgan fingerprint density at radius 2 is 2.00 bits per heavy atom. The summed E-state index contributed by atoms with van der Waals surface area (Å²) >= 11 is 0. The van der Waals surface area contributed by atoms with E-state index in [2.05, 4.69) is 42.5 Å². The molecule has 0 bridgehead atoms. The Kier molecular flexibility index (Phi) is 4.48. The fraction of sp³-hybridized carbons (Fsp3) is 0.600. The van der Waals surface area contributed by atoms with E-state index in [1.165, 1.54) is 11.3 Å². The zero-order chi connectivity index (χ0) is 13.0. The van der Waals surface area contributed by atoms with Crippen LogP contribution in [0.15, 0.2) is 35.8 Å². The Bertz CT molecular complexity index is 365. The molecule has 2 aliphatic heterocycles. The number of nitrogens with zero attached hydrogens (tertiary/aromatic N) is 2. The van der Waals surface area contributed by atoms with E-state index in [9.17, 15) is 0 Å². The first-order valence-corrected chi connectivity index (χ1v) is 6.89. The van der Waals surface area contributed by atoms with Crippen molar-refractivity contribution < 1.29 is 4.74 Å². The molecule has 0 atom stereocenters. The number of hydrogen-bond acceptors (Lipinski definition) is 3. The van der Waals surface area contributed by atoms with Gasteiger partial charge in [0, 0.05) is 25.8 Å². The fourth-order valence-electron chi connectivity index (χ4n) is 2.48. The number of morpholine rings is 1. The summed E-state index contributed by atoms with van der Waals surface area (Å²) in [5.74, 6) is 0. The molecule has 0 N–H and O–H groups in total. The molecular formula is C15H24N2O. The van der Waals surface area contributed by atoms with Crippen molar-refractivity contribution in [1.29, 1.82) is 0 Å². The van der Waals surface area contributed by atoms with Crippen LogP contribution < -0.4 is 0 Å². The Hall–Kier alpha value is -1.22. The van der Waals surface area contributed by atoms with Gasteiger partial charge in [0.15, 0.2) is 0 Å². The van der Waals surface area contributed by atoms with Crippen molar-refractivity contribution in [2.45, 2.75) is 26.7 Å². The third kappa shape index (κ3) is 2.78. The summed E-state index contributed by atoms with van der Waals surface area (Å²) < 4.78 is 5.42. The second-order valence-electron chi connectivity index (χ2n) is 4.90. The van der Waals surface area contributed by atoms with E-state index in [0.29, 0.717) is 0 Å². The van der Waals surface area contributed by atoms with E-state index in [1.54, 1.807) is 0 Å². The largest absolute Gasteiger partial charge is 0.378 e. The topological polar surface area (TPSA) is 15.7 Å². The average Bonchev–Trinajstić information content (AvgIpc) is 2.93. The molecule has 18 heavy (non-hydrogen) atoms. The first-order valence-electron chi connectivity index (χ1n) is 6.89. The average molecular weight is 248 g/mol. The van der Waals surface area contributed by atoms with Crippen LogP contribution in [0, 0.1) is 0 Å². The highest BCUT2D eigenvalue weighted by Crippen LogP contribution is 2.26. The molecule has 0 aromatic carbocycles. The van der Waals surface area contributed by atoms with E-state index < -0.39 is 0 Å². The summed E-state index contributed by atoms with van der Waals surface area (Å²) in [5, 5.41) is 0. The van der Waals surface area contributed by atoms with Crippen molar-refractivity contribution in [2.75, 3.05) is 32.8 Å². The van der Waals surface area contributed by atoms with Gasteiger partial charge in [-0.15, -0.1) is 0 Å². The Morgan fingerprint density at radius 1 is 1.28 bits per heavy atom. The first-order chi connectivity index (χ1) is 8.74. The zero-order valence-electron chi connectivity index (χ0n) is 11.6. The summed E-state index contributed by atoms with van der Waals surface area (Å²) in [6, 6.07) is 0. The van der Waals surface area contributed by atoms with Crippen LogP contribution >= 0.6 is 0 Å². The molecule has 3 nitrogen and oxygen atoms in total. The number of ether oxygens (including phenoxy) is 1. The second kappa shape index (κ2) is 6.10. The van der Waals surface area contributed by atoms with Gasteiger partial charge in [-0.1, -0.05) is 19.6 Å².